The Labute approximate surface area is 163 Å². The van der Waals surface area contributed by atoms with Crippen LogP contribution in [0.15, 0.2) is 64.6 Å². The van der Waals surface area contributed by atoms with Gasteiger partial charge in [0.15, 0.2) is 0 Å². The SMILES string of the molecule is O=S(=O)(NC[C@@H]1CCCO1)c1ccc(S(=O)(=O)n2cnc3ccccc32)cc1. The van der Waals surface area contributed by atoms with Crippen molar-refractivity contribution in [3.8, 4) is 0 Å². The molecule has 0 saturated carbocycles. The number of nitrogens with zero attached hydrogens (tertiary/aromatic N) is 2. The second-order valence-corrected chi connectivity index (χ2v) is 10.1. The molecule has 0 aliphatic carbocycles. The summed E-state index contributed by atoms with van der Waals surface area (Å²) in [6, 6.07) is 12.0. The smallest absolute Gasteiger partial charge is 0.269 e. The molecule has 4 rings (SSSR count). The van der Waals surface area contributed by atoms with Gasteiger partial charge in [0.05, 0.1) is 26.9 Å². The normalized spacial score (nSPS) is 17.9. The lowest BCUT2D eigenvalue weighted by Crippen LogP contribution is -2.31. The van der Waals surface area contributed by atoms with Crippen LogP contribution in [-0.2, 0) is 24.8 Å². The van der Waals surface area contributed by atoms with Crippen molar-refractivity contribution >= 4 is 31.1 Å². The lowest BCUT2D eigenvalue weighted by molar-refractivity contribution is 0.114. The van der Waals surface area contributed by atoms with Crippen molar-refractivity contribution in [2.75, 3.05) is 13.2 Å². The van der Waals surface area contributed by atoms with Crippen LogP contribution in [0.3, 0.4) is 0 Å². The molecule has 2 heterocycles. The Balaban J connectivity index is 1.58. The summed E-state index contributed by atoms with van der Waals surface area (Å²) in [5.74, 6) is 0. The summed E-state index contributed by atoms with van der Waals surface area (Å²) in [5, 5.41) is 0. The molecule has 3 aromatic rings. The average Bonchev–Trinajstić information content (AvgIpc) is 3.36. The first-order chi connectivity index (χ1) is 13.4. The van der Waals surface area contributed by atoms with Crippen LogP contribution >= 0.6 is 0 Å². The van der Waals surface area contributed by atoms with E-state index in [1.165, 1.54) is 30.6 Å². The van der Waals surface area contributed by atoms with Crippen LogP contribution in [-0.4, -0.2) is 45.0 Å². The maximum Gasteiger partial charge on any atom is 0.269 e. The maximum absolute atomic E-state index is 12.9. The molecule has 0 bridgehead atoms. The predicted molar refractivity (Wildman–Crippen MR) is 103 cm³/mol. The molecule has 10 heteroatoms. The van der Waals surface area contributed by atoms with Crippen LogP contribution in [0.5, 0.6) is 0 Å². The molecule has 1 aliphatic rings. The molecular formula is C18H19N3O5S2. The minimum absolute atomic E-state index is 0.0000592. The van der Waals surface area contributed by atoms with Gasteiger partial charge in [-0.25, -0.2) is 30.5 Å². The number of nitrogens with one attached hydrogen (secondary N) is 1. The van der Waals surface area contributed by atoms with Gasteiger partial charge < -0.3 is 4.74 Å². The van der Waals surface area contributed by atoms with E-state index >= 15 is 0 Å². The highest BCUT2D eigenvalue weighted by Crippen LogP contribution is 2.21. The van der Waals surface area contributed by atoms with E-state index in [4.69, 9.17) is 4.74 Å². The summed E-state index contributed by atoms with van der Waals surface area (Å²) in [6.45, 7) is 0.839. The molecule has 0 unspecified atom stereocenters. The summed E-state index contributed by atoms with van der Waals surface area (Å²) in [4.78, 5) is 4.08. The van der Waals surface area contributed by atoms with E-state index in [1.54, 1.807) is 24.3 Å². The Bertz CT molecular complexity index is 1200. The van der Waals surface area contributed by atoms with E-state index < -0.39 is 20.0 Å². The Hall–Kier alpha value is -2.27. The van der Waals surface area contributed by atoms with Gasteiger partial charge in [-0.05, 0) is 49.2 Å². The lowest BCUT2D eigenvalue weighted by Gasteiger charge is -2.12. The van der Waals surface area contributed by atoms with Gasteiger partial charge in [0.25, 0.3) is 10.0 Å². The number of fused-ring (bicyclic) bond motifs is 1. The van der Waals surface area contributed by atoms with Crippen LogP contribution in [0.25, 0.3) is 11.0 Å². The van der Waals surface area contributed by atoms with Crippen molar-refractivity contribution in [1.29, 1.82) is 0 Å². The minimum Gasteiger partial charge on any atom is -0.377 e. The van der Waals surface area contributed by atoms with Gasteiger partial charge in [-0.1, -0.05) is 12.1 Å². The molecule has 0 radical (unpaired) electrons. The number of rotatable bonds is 6. The Morgan fingerprint density at radius 3 is 2.46 bits per heavy atom. The van der Waals surface area contributed by atoms with Crippen LogP contribution in [0, 0.1) is 0 Å². The fraction of sp³-hybridized carbons (Fsp3) is 0.278. The fourth-order valence-electron chi connectivity index (χ4n) is 3.12. The van der Waals surface area contributed by atoms with Crippen molar-refractivity contribution in [2.24, 2.45) is 0 Å². The van der Waals surface area contributed by atoms with E-state index in [-0.39, 0.29) is 22.4 Å². The molecular weight excluding hydrogens is 402 g/mol. The molecule has 1 fully saturated rings. The standard InChI is InChI=1S/C18H19N3O5S2/c22-27(23,20-12-14-4-3-11-26-14)15-7-9-16(10-8-15)28(24,25)21-13-19-17-5-1-2-6-18(17)21/h1-2,5-10,13-14,20H,3-4,11-12H2/t14-/m0/s1. The summed E-state index contributed by atoms with van der Waals surface area (Å²) < 4.78 is 59.7. The zero-order chi connectivity index (χ0) is 19.8. The highest BCUT2D eigenvalue weighted by Gasteiger charge is 2.23. The third kappa shape index (κ3) is 3.55. The minimum atomic E-state index is -3.89. The zero-order valence-electron chi connectivity index (χ0n) is 14.9. The molecule has 1 saturated heterocycles. The molecule has 2 aromatic carbocycles. The van der Waals surface area contributed by atoms with Crippen molar-refractivity contribution in [3.05, 3.63) is 54.9 Å². The lowest BCUT2D eigenvalue weighted by atomic mass is 10.2. The van der Waals surface area contributed by atoms with Crippen molar-refractivity contribution in [1.82, 2.24) is 13.7 Å². The molecule has 8 nitrogen and oxygen atoms in total. The number of sulfonamides is 1. The number of ether oxygens (including phenoxy) is 1. The fourth-order valence-corrected chi connectivity index (χ4v) is 5.48. The summed E-state index contributed by atoms with van der Waals surface area (Å²) >= 11 is 0. The monoisotopic (exact) mass is 421 g/mol. The molecule has 1 aromatic heterocycles. The molecule has 28 heavy (non-hydrogen) atoms. The van der Waals surface area contributed by atoms with Gasteiger partial charge in [-0.15, -0.1) is 0 Å². The highest BCUT2D eigenvalue weighted by atomic mass is 32.2. The van der Waals surface area contributed by atoms with Gasteiger partial charge in [0.2, 0.25) is 10.0 Å². The van der Waals surface area contributed by atoms with E-state index in [0.29, 0.717) is 17.6 Å². The maximum atomic E-state index is 12.9. The number of aromatic nitrogens is 2. The summed E-state index contributed by atoms with van der Waals surface area (Å²) in [6.07, 6.45) is 2.86. The van der Waals surface area contributed by atoms with E-state index in [2.05, 4.69) is 9.71 Å². The summed E-state index contributed by atoms with van der Waals surface area (Å²) in [5.41, 5.74) is 1.01. The van der Waals surface area contributed by atoms with E-state index in [9.17, 15) is 16.8 Å². The highest BCUT2D eigenvalue weighted by molar-refractivity contribution is 7.90. The van der Waals surface area contributed by atoms with Crippen LogP contribution in [0.1, 0.15) is 12.8 Å². The Morgan fingerprint density at radius 1 is 1.04 bits per heavy atom. The van der Waals surface area contributed by atoms with Crippen molar-refractivity contribution < 1.29 is 21.6 Å². The van der Waals surface area contributed by atoms with Crippen LogP contribution < -0.4 is 4.72 Å². The Morgan fingerprint density at radius 2 is 1.75 bits per heavy atom. The Kier molecular flexibility index (Phi) is 4.96. The van der Waals surface area contributed by atoms with Crippen molar-refractivity contribution in [2.45, 2.75) is 28.7 Å². The largest absolute Gasteiger partial charge is 0.377 e. The van der Waals surface area contributed by atoms with Gasteiger partial charge in [-0.2, -0.15) is 0 Å². The van der Waals surface area contributed by atoms with Gasteiger partial charge in [-0.3, -0.25) is 0 Å². The molecule has 1 atom stereocenters. The second-order valence-electron chi connectivity index (χ2n) is 6.49. The molecule has 0 spiro atoms. The van der Waals surface area contributed by atoms with Gasteiger partial charge in [0.1, 0.15) is 6.33 Å². The first-order valence-corrected chi connectivity index (χ1v) is 11.7. The third-order valence-electron chi connectivity index (χ3n) is 4.64. The first kappa shape index (κ1) is 19.1. The van der Waals surface area contributed by atoms with Crippen molar-refractivity contribution in [3.63, 3.8) is 0 Å². The average molecular weight is 422 g/mol. The molecule has 148 valence electrons. The molecule has 0 amide bonds. The number of imidazole rings is 1. The van der Waals surface area contributed by atoms with Gasteiger partial charge in [0, 0.05) is 13.2 Å². The quantitative estimate of drug-likeness (QED) is 0.650. The molecule has 1 N–H and O–H groups in total. The van der Waals surface area contributed by atoms with Gasteiger partial charge >= 0.3 is 0 Å². The summed E-state index contributed by atoms with van der Waals surface area (Å²) in [7, 11) is -7.63. The molecule has 1 aliphatic heterocycles. The topological polar surface area (TPSA) is 107 Å². The van der Waals surface area contributed by atoms with Crippen LogP contribution in [0.2, 0.25) is 0 Å². The van der Waals surface area contributed by atoms with E-state index in [1.807, 2.05) is 0 Å². The number of hydrogen-bond acceptors (Lipinski definition) is 6. The zero-order valence-corrected chi connectivity index (χ0v) is 16.5. The number of benzene rings is 2. The number of hydrogen-bond donors (Lipinski definition) is 1. The van der Waals surface area contributed by atoms with Crippen LogP contribution in [0.4, 0.5) is 0 Å². The third-order valence-corrected chi connectivity index (χ3v) is 7.75. The predicted octanol–water partition coefficient (Wildman–Crippen LogP) is 1.73. The first-order valence-electron chi connectivity index (χ1n) is 8.77. The number of para-hydroxylation sites is 2. The van der Waals surface area contributed by atoms with E-state index in [0.717, 1.165) is 16.8 Å². The second kappa shape index (κ2) is 7.28.